The van der Waals surface area contributed by atoms with Gasteiger partial charge in [0.05, 0.1) is 0 Å². The van der Waals surface area contributed by atoms with Crippen LogP contribution in [0.2, 0.25) is 0 Å². The van der Waals surface area contributed by atoms with Gasteiger partial charge in [-0.25, -0.2) is 0 Å². The summed E-state index contributed by atoms with van der Waals surface area (Å²) in [6.07, 6.45) is 14.6. The Morgan fingerprint density at radius 3 is 2.38 bits per heavy atom. The highest BCUT2D eigenvalue weighted by Gasteiger charge is 2.22. The fourth-order valence-corrected chi connectivity index (χ4v) is 3.62. The smallest absolute Gasteiger partial charge is 0.0234 e. The largest absolute Gasteiger partial charge is 0.0807 e. The van der Waals surface area contributed by atoms with E-state index in [9.17, 15) is 0 Å². The average molecular weight is 314 g/mol. The highest BCUT2D eigenvalue weighted by atomic mass is 14.3. The van der Waals surface area contributed by atoms with Gasteiger partial charge in [-0.3, -0.25) is 0 Å². The quantitative estimate of drug-likeness (QED) is 0.562. The molecule has 0 fully saturated rings. The highest BCUT2D eigenvalue weighted by Crippen LogP contribution is 2.40. The summed E-state index contributed by atoms with van der Waals surface area (Å²) in [5, 5.41) is 0. The summed E-state index contributed by atoms with van der Waals surface area (Å²) in [6.45, 7) is 9.07. The molecule has 122 valence electrons. The molecule has 0 saturated carbocycles. The molecule has 0 bridgehead atoms. The molecule has 2 aliphatic carbocycles. The van der Waals surface area contributed by atoms with E-state index >= 15 is 0 Å². The van der Waals surface area contributed by atoms with Gasteiger partial charge in [-0.05, 0) is 62.0 Å². The summed E-state index contributed by atoms with van der Waals surface area (Å²) in [6, 6.07) is 10.8. The van der Waals surface area contributed by atoms with Crippen LogP contribution < -0.4 is 0 Å². The van der Waals surface area contributed by atoms with E-state index in [1.165, 1.54) is 39.0 Å². The predicted molar refractivity (Wildman–Crippen MR) is 106 cm³/mol. The Morgan fingerprint density at radius 1 is 0.875 bits per heavy atom. The predicted octanol–water partition coefficient (Wildman–Crippen LogP) is 6.82. The summed E-state index contributed by atoms with van der Waals surface area (Å²) in [5.41, 5.74) is 9.72. The molecule has 0 N–H and O–H groups in total. The standard InChI is InChI=1S/C24H26/c1-17-16-23(21-12-8-5-6-9-13-21)19(3)20(4)24(18(17)2)22-14-10-7-11-15-22/h5-8,10-16,23H,9H2,1-4H3. The SMILES string of the molecule is CC1=CC(C2=CCC=CC=C2)C(C)=C(C)C(c2ccccc2)=C1C. The number of hydrogen-bond acceptors (Lipinski definition) is 0. The molecule has 1 aromatic carbocycles. The number of benzene rings is 1. The van der Waals surface area contributed by atoms with E-state index in [4.69, 9.17) is 0 Å². The van der Waals surface area contributed by atoms with Crippen molar-refractivity contribution in [2.24, 2.45) is 5.92 Å². The van der Waals surface area contributed by atoms with Gasteiger partial charge in [0.15, 0.2) is 0 Å². The van der Waals surface area contributed by atoms with Gasteiger partial charge in [0.2, 0.25) is 0 Å². The van der Waals surface area contributed by atoms with Crippen molar-refractivity contribution in [2.75, 3.05) is 0 Å². The molecule has 24 heavy (non-hydrogen) atoms. The van der Waals surface area contributed by atoms with Crippen molar-refractivity contribution in [1.29, 1.82) is 0 Å². The topological polar surface area (TPSA) is 0 Å². The minimum Gasteiger partial charge on any atom is -0.0807 e. The Kier molecular flexibility index (Phi) is 4.85. The highest BCUT2D eigenvalue weighted by molar-refractivity contribution is 5.85. The van der Waals surface area contributed by atoms with E-state index in [-0.39, 0.29) is 0 Å². The molecule has 1 atom stereocenters. The molecular formula is C24H26. The Labute approximate surface area is 146 Å². The maximum absolute atomic E-state index is 2.44. The third kappa shape index (κ3) is 3.14. The van der Waals surface area contributed by atoms with E-state index in [2.05, 4.69) is 94.5 Å². The van der Waals surface area contributed by atoms with Gasteiger partial charge in [-0.15, -0.1) is 0 Å². The van der Waals surface area contributed by atoms with Crippen LogP contribution in [0.15, 0.2) is 94.7 Å². The minimum atomic E-state index is 0.359. The Balaban J connectivity index is 2.14. The lowest BCUT2D eigenvalue weighted by Crippen LogP contribution is -2.04. The number of allylic oxidation sites excluding steroid dienone is 12. The van der Waals surface area contributed by atoms with Crippen molar-refractivity contribution >= 4 is 5.57 Å². The summed E-state index contributed by atoms with van der Waals surface area (Å²) in [5.74, 6) is 0.359. The second-order valence-corrected chi connectivity index (χ2v) is 6.73. The lowest BCUT2D eigenvalue weighted by molar-refractivity contribution is 0.896. The summed E-state index contributed by atoms with van der Waals surface area (Å²) < 4.78 is 0. The molecule has 0 heteroatoms. The van der Waals surface area contributed by atoms with Crippen molar-refractivity contribution in [3.05, 3.63) is 100 Å². The molecule has 0 aromatic heterocycles. The van der Waals surface area contributed by atoms with Gasteiger partial charge < -0.3 is 0 Å². The zero-order chi connectivity index (χ0) is 17.1. The van der Waals surface area contributed by atoms with Gasteiger partial charge in [0.1, 0.15) is 0 Å². The van der Waals surface area contributed by atoms with Crippen molar-refractivity contribution in [3.63, 3.8) is 0 Å². The summed E-state index contributed by atoms with van der Waals surface area (Å²) >= 11 is 0. The number of rotatable bonds is 2. The molecular weight excluding hydrogens is 288 g/mol. The van der Waals surface area contributed by atoms with E-state index in [1.807, 2.05) is 0 Å². The summed E-state index contributed by atoms with van der Waals surface area (Å²) in [7, 11) is 0. The molecule has 1 unspecified atom stereocenters. The van der Waals surface area contributed by atoms with Crippen LogP contribution in [0.5, 0.6) is 0 Å². The normalized spacial score (nSPS) is 21.4. The van der Waals surface area contributed by atoms with Crippen molar-refractivity contribution < 1.29 is 0 Å². The maximum Gasteiger partial charge on any atom is 0.0234 e. The fourth-order valence-electron chi connectivity index (χ4n) is 3.62. The minimum absolute atomic E-state index is 0.359. The first-order valence-corrected chi connectivity index (χ1v) is 8.75. The van der Waals surface area contributed by atoms with Crippen molar-refractivity contribution in [2.45, 2.75) is 34.1 Å². The zero-order valence-corrected chi connectivity index (χ0v) is 15.1. The second-order valence-electron chi connectivity index (χ2n) is 6.73. The van der Waals surface area contributed by atoms with Crippen LogP contribution in [-0.2, 0) is 0 Å². The maximum atomic E-state index is 2.44. The molecule has 0 aliphatic heterocycles. The van der Waals surface area contributed by atoms with Gasteiger partial charge in [-0.2, -0.15) is 0 Å². The molecule has 0 spiro atoms. The lowest BCUT2D eigenvalue weighted by atomic mass is 9.86. The first kappa shape index (κ1) is 16.5. The van der Waals surface area contributed by atoms with Crippen molar-refractivity contribution in [3.8, 4) is 0 Å². The molecule has 0 saturated heterocycles. The first-order chi connectivity index (χ1) is 11.6. The first-order valence-electron chi connectivity index (χ1n) is 8.75. The van der Waals surface area contributed by atoms with Crippen LogP contribution in [0.25, 0.3) is 5.57 Å². The third-order valence-corrected chi connectivity index (χ3v) is 5.26. The van der Waals surface area contributed by atoms with Crippen LogP contribution in [0.4, 0.5) is 0 Å². The van der Waals surface area contributed by atoms with Crippen molar-refractivity contribution in [1.82, 2.24) is 0 Å². The zero-order valence-electron chi connectivity index (χ0n) is 15.1. The monoisotopic (exact) mass is 314 g/mol. The Hall–Kier alpha value is -2.34. The van der Waals surface area contributed by atoms with E-state index in [0.29, 0.717) is 5.92 Å². The van der Waals surface area contributed by atoms with E-state index in [0.717, 1.165) is 6.42 Å². The molecule has 1 aromatic rings. The molecule has 0 nitrogen and oxygen atoms in total. The molecule has 3 rings (SSSR count). The van der Waals surface area contributed by atoms with Crippen LogP contribution in [0.1, 0.15) is 39.7 Å². The summed E-state index contributed by atoms with van der Waals surface area (Å²) in [4.78, 5) is 0. The van der Waals surface area contributed by atoms with Crippen LogP contribution in [0.3, 0.4) is 0 Å². The second kappa shape index (κ2) is 7.05. The molecule has 0 heterocycles. The van der Waals surface area contributed by atoms with Gasteiger partial charge in [0.25, 0.3) is 0 Å². The molecule has 2 aliphatic rings. The molecule has 0 amide bonds. The van der Waals surface area contributed by atoms with E-state index in [1.54, 1.807) is 0 Å². The Bertz CT molecular complexity index is 805. The third-order valence-electron chi connectivity index (χ3n) is 5.26. The van der Waals surface area contributed by atoms with E-state index < -0.39 is 0 Å². The molecule has 0 radical (unpaired) electrons. The lowest BCUT2D eigenvalue weighted by Gasteiger charge is -2.19. The fraction of sp³-hybridized carbons (Fsp3) is 0.250. The number of hydrogen-bond donors (Lipinski definition) is 0. The van der Waals surface area contributed by atoms with Gasteiger partial charge >= 0.3 is 0 Å². The van der Waals surface area contributed by atoms with Crippen LogP contribution >= 0.6 is 0 Å². The van der Waals surface area contributed by atoms with Crippen LogP contribution in [-0.4, -0.2) is 0 Å². The average Bonchev–Trinajstić information content (AvgIpc) is 2.91. The Morgan fingerprint density at radius 2 is 1.62 bits per heavy atom. The van der Waals surface area contributed by atoms with Gasteiger partial charge in [-0.1, -0.05) is 77.9 Å². The van der Waals surface area contributed by atoms with Gasteiger partial charge in [0, 0.05) is 5.92 Å². The van der Waals surface area contributed by atoms with Crippen LogP contribution in [0, 0.1) is 5.92 Å².